The molecular formula is C16H20N2O7. The Kier molecular flexibility index (Phi) is 5.19. The topological polar surface area (TPSA) is 132 Å². The smallest absolute Gasteiger partial charge is 0.335 e. The molecule has 1 fully saturated rings. The summed E-state index contributed by atoms with van der Waals surface area (Å²) in [6, 6.07) is 9.42. The Morgan fingerprint density at radius 3 is 2.56 bits per heavy atom. The first-order valence-corrected chi connectivity index (χ1v) is 7.96. The number of para-hydroxylation sites is 1. The third-order valence-electron chi connectivity index (χ3n) is 4.11. The number of carboxylic acids is 1. The van der Waals surface area contributed by atoms with Gasteiger partial charge in [0.25, 0.3) is 0 Å². The highest BCUT2D eigenvalue weighted by molar-refractivity contribution is 5.78. The van der Waals surface area contributed by atoms with E-state index >= 15 is 0 Å². The Labute approximate surface area is 143 Å². The number of nitrogens with zero attached hydrogens (tertiary/aromatic N) is 2. The van der Waals surface area contributed by atoms with E-state index in [2.05, 4.69) is 5.10 Å². The molecule has 3 rings (SSSR count). The van der Waals surface area contributed by atoms with Crippen molar-refractivity contribution in [3.63, 3.8) is 0 Å². The maximum Gasteiger partial charge on any atom is 0.335 e. The standard InChI is InChI=1S/C16H20N2O7/c19-11-12(20)14(15(22)23)25-16(13(11)21)24-10-7-4-8-18(17-10)9-5-2-1-3-6-9/h1-3,5-6,11-14,16,19-21H,4,7-8H2,(H,22,23). The van der Waals surface area contributed by atoms with Crippen LogP contribution in [0.25, 0.3) is 0 Å². The van der Waals surface area contributed by atoms with Crippen LogP contribution in [0.1, 0.15) is 12.8 Å². The Morgan fingerprint density at radius 2 is 1.88 bits per heavy atom. The molecule has 136 valence electrons. The summed E-state index contributed by atoms with van der Waals surface area (Å²) in [4.78, 5) is 11.1. The molecule has 5 atom stereocenters. The van der Waals surface area contributed by atoms with E-state index in [4.69, 9.17) is 14.6 Å². The number of ether oxygens (including phenoxy) is 2. The Balaban J connectivity index is 1.74. The van der Waals surface area contributed by atoms with E-state index in [1.807, 2.05) is 30.3 Å². The summed E-state index contributed by atoms with van der Waals surface area (Å²) >= 11 is 0. The average Bonchev–Trinajstić information content (AvgIpc) is 2.63. The summed E-state index contributed by atoms with van der Waals surface area (Å²) in [5.74, 6) is -1.20. The van der Waals surface area contributed by atoms with Gasteiger partial charge in [-0.3, -0.25) is 5.01 Å². The molecule has 0 amide bonds. The predicted molar refractivity (Wildman–Crippen MR) is 85.9 cm³/mol. The number of hydrazone groups is 1. The summed E-state index contributed by atoms with van der Waals surface area (Å²) in [5, 5.41) is 44.6. The monoisotopic (exact) mass is 352 g/mol. The molecule has 5 unspecified atom stereocenters. The number of aliphatic carboxylic acids is 1. The number of rotatable bonds is 3. The van der Waals surface area contributed by atoms with Crippen LogP contribution in [-0.4, -0.2) is 69.5 Å². The lowest BCUT2D eigenvalue weighted by atomic mass is 9.99. The Bertz CT molecular complexity index is 639. The second-order valence-corrected chi connectivity index (χ2v) is 5.91. The number of carboxylic acid groups (broad SMARTS) is 1. The number of aliphatic hydroxyl groups is 3. The Morgan fingerprint density at radius 1 is 1.16 bits per heavy atom. The summed E-state index contributed by atoms with van der Waals surface area (Å²) in [6.07, 6.45) is -6.96. The fourth-order valence-corrected chi connectivity index (χ4v) is 2.77. The zero-order valence-electron chi connectivity index (χ0n) is 13.3. The van der Waals surface area contributed by atoms with Gasteiger partial charge in [-0.05, 0) is 18.6 Å². The number of carbonyl (C=O) groups is 1. The third kappa shape index (κ3) is 3.74. The predicted octanol–water partition coefficient (Wildman–Crippen LogP) is -0.491. The lowest BCUT2D eigenvalue weighted by Crippen LogP contribution is -2.60. The van der Waals surface area contributed by atoms with Crippen molar-refractivity contribution in [1.29, 1.82) is 0 Å². The highest BCUT2D eigenvalue weighted by Gasteiger charge is 2.48. The van der Waals surface area contributed by atoms with Gasteiger partial charge in [-0.1, -0.05) is 18.2 Å². The molecule has 4 N–H and O–H groups in total. The zero-order valence-corrected chi connectivity index (χ0v) is 13.3. The van der Waals surface area contributed by atoms with Crippen molar-refractivity contribution >= 4 is 17.6 Å². The van der Waals surface area contributed by atoms with Gasteiger partial charge in [-0.25, -0.2) is 4.79 Å². The van der Waals surface area contributed by atoms with Crippen LogP contribution in [-0.2, 0) is 14.3 Å². The molecule has 0 saturated carbocycles. The third-order valence-corrected chi connectivity index (χ3v) is 4.11. The molecule has 9 nitrogen and oxygen atoms in total. The molecule has 1 aromatic carbocycles. The van der Waals surface area contributed by atoms with Gasteiger partial charge in [-0.2, -0.15) is 0 Å². The zero-order chi connectivity index (χ0) is 18.0. The van der Waals surface area contributed by atoms with E-state index in [1.165, 1.54) is 0 Å². The van der Waals surface area contributed by atoms with Crippen LogP contribution in [0.15, 0.2) is 35.4 Å². The number of aliphatic hydroxyl groups excluding tert-OH is 3. The minimum absolute atomic E-state index is 0.256. The van der Waals surface area contributed by atoms with Gasteiger partial charge in [-0.15, -0.1) is 5.10 Å². The van der Waals surface area contributed by atoms with Gasteiger partial charge >= 0.3 is 5.97 Å². The largest absolute Gasteiger partial charge is 0.479 e. The minimum atomic E-state index is -1.75. The highest BCUT2D eigenvalue weighted by Crippen LogP contribution is 2.25. The second-order valence-electron chi connectivity index (χ2n) is 5.91. The SMILES string of the molecule is O=C(O)C1OC(OC2=NN(c3ccccc3)CCC2)C(O)C(O)C1O. The molecule has 25 heavy (non-hydrogen) atoms. The molecule has 9 heteroatoms. The van der Waals surface area contributed by atoms with Crippen LogP contribution < -0.4 is 5.01 Å². The quantitative estimate of drug-likeness (QED) is 0.573. The average molecular weight is 352 g/mol. The number of anilines is 1. The maximum absolute atomic E-state index is 11.1. The molecule has 0 spiro atoms. The van der Waals surface area contributed by atoms with E-state index in [-0.39, 0.29) is 5.90 Å². The number of hydrogen-bond donors (Lipinski definition) is 4. The lowest BCUT2D eigenvalue weighted by Gasteiger charge is -2.39. The van der Waals surface area contributed by atoms with Crippen LogP contribution in [0.4, 0.5) is 5.69 Å². The second kappa shape index (κ2) is 7.36. The van der Waals surface area contributed by atoms with Crippen molar-refractivity contribution in [2.75, 3.05) is 11.6 Å². The normalized spacial score (nSPS) is 32.8. The minimum Gasteiger partial charge on any atom is -0.479 e. The van der Waals surface area contributed by atoms with Crippen molar-refractivity contribution in [3.05, 3.63) is 30.3 Å². The van der Waals surface area contributed by atoms with Crippen molar-refractivity contribution in [1.82, 2.24) is 0 Å². The lowest BCUT2D eigenvalue weighted by molar-refractivity contribution is -0.275. The summed E-state index contributed by atoms with van der Waals surface area (Å²) in [7, 11) is 0. The molecule has 0 aliphatic carbocycles. The van der Waals surface area contributed by atoms with Gasteiger partial charge in [0, 0.05) is 13.0 Å². The van der Waals surface area contributed by atoms with Crippen LogP contribution in [0, 0.1) is 0 Å². The summed E-state index contributed by atoms with van der Waals surface area (Å²) < 4.78 is 10.6. The van der Waals surface area contributed by atoms with E-state index < -0.39 is 36.7 Å². The molecule has 2 heterocycles. The van der Waals surface area contributed by atoms with Crippen molar-refractivity contribution in [2.24, 2.45) is 5.10 Å². The van der Waals surface area contributed by atoms with Crippen molar-refractivity contribution < 1.29 is 34.7 Å². The van der Waals surface area contributed by atoms with E-state index in [0.717, 1.165) is 12.1 Å². The molecule has 0 bridgehead atoms. The molecule has 0 radical (unpaired) electrons. The molecule has 1 aromatic rings. The number of hydrogen-bond acceptors (Lipinski definition) is 8. The molecule has 2 aliphatic rings. The fraction of sp³-hybridized carbons (Fsp3) is 0.500. The van der Waals surface area contributed by atoms with Gasteiger partial charge in [0.2, 0.25) is 12.2 Å². The van der Waals surface area contributed by atoms with Crippen molar-refractivity contribution in [3.8, 4) is 0 Å². The van der Waals surface area contributed by atoms with Crippen LogP contribution in [0.3, 0.4) is 0 Å². The first kappa shape index (κ1) is 17.6. The van der Waals surface area contributed by atoms with E-state index in [0.29, 0.717) is 13.0 Å². The summed E-state index contributed by atoms with van der Waals surface area (Å²) in [6.45, 7) is 0.685. The first-order chi connectivity index (χ1) is 12.0. The van der Waals surface area contributed by atoms with Crippen LogP contribution in [0.5, 0.6) is 0 Å². The summed E-state index contributed by atoms with van der Waals surface area (Å²) in [5.41, 5.74) is 0.868. The van der Waals surface area contributed by atoms with E-state index in [1.54, 1.807) is 5.01 Å². The molecule has 0 aromatic heterocycles. The fourth-order valence-electron chi connectivity index (χ4n) is 2.77. The van der Waals surface area contributed by atoms with Gasteiger partial charge in [0.05, 0.1) is 5.69 Å². The molecular weight excluding hydrogens is 332 g/mol. The Hall–Kier alpha value is -2.20. The number of benzene rings is 1. The van der Waals surface area contributed by atoms with Gasteiger partial charge in [0.15, 0.2) is 6.10 Å². The van der Waals surface area contributed by atoms with Crippen molar-refractivity contribution in [2.45, 2.75) is 43.5 Å². The van der Waals surface area contributed by atoms with Gasteiger partial charge in [0.1, 0.15) is 18.3 Å². The maximum atomic E-state index is 11.1. The van der Waals surface area contributed by atoms with Gasteiger partial charge < -0.3 is 29.9 Å². The first-order valence-electron chi connectivity index (χ1n) is 7.96. The molecule has 2 aliphatic heterocycles. The van der Waals surface area contributed by atoms with Crippen LogP contribution >= 0.6 is 0 Å². The van der Waals surface area contributed by atoms with E-state index in [9.17, 15) is 20.1 Å². The highest BCUT2D eigenvalue weighted by atomic mass is 16.7. The molecule has 1 saturated heterocycles. The van der Waals surface area contributed by atoms with Crippen LogP contribution in [0.2, 0.25) is 0 Å².